The van der Waals surface area contributed by atoms with Crippen molar-refractivity contribution >= 4 is 13.8 Å². The van der Waals surface area contributed by atoms with E-state index in [4.69, 9.17) is 0 Å². The molecule has 1 nitrogen and oxygen atoms in total. The van der Waals surface area contributed by atoms with Gasteiger partial charge in [0.2, 0.25) is 0 Å². The fourth-order valence-corrected chi connectivity index (χ4v) is 6.92. The SMILES string of the molecule is CC1C2=CC=CCC2C2C1c1cc(C(C)(C)C)ccc1N2C[Si](C)(C)C. The number of benzene rings is 1. The third-order valence-corrected chi connectivity index (χ3v) is 7.94. The normalized spacial score (nSPS) is 30.1. The lowest BCUT2D eigenvalue weighted by atomic mass is 9.82. The van der Waals surface area contributed by atoms with Crippen LogP contribution in [0.1, 0.15) is 51.2 Å². The predicted octanol–water partition coefficient (Wildman–Crippen LogP) is 6.29. The Morgan fingerprint density at radius 3 is 2.54 bits per heavy atom. The average molecular weight is 366 g/mol. The molecule has 2 heteroatoms. The fourth-order valence-electron chi connectivity index (χ4n) is 5.52. The minimum absolute atomic E-state index is 0.214. The van der Waals surface area contributed by atoms with Crippen molar-refractivity contribution < 1.29 is 0 Å². The highest BCUT2D eigenvalue weighted by Gasteiger charge is 2.53. The number of anilines is 1. The molecule has 1 fully saturated rings. The lowest BCUT2D eigenvalue weighted by Crippen LogP contribution is -2.46. The Morgan fingerprint density at radius 1 is 1.15 bits per heavy atom. The first-order valence-corrected chi connectivity index (χ1v) is 14.1. The van der Waals surface area contributed by atoms with Gasteiger partial charge in [-0.15, -0.1) is 0 Å². The van der Waals surface area contributed by atoms with Crippen LogP contribution in [0.2, 0.25) is 19.6 Å². The lowest BCUT2D eigenvalue weighted by molar-refractivity contribution is 0.475. The first-order chi connectivity index (χ1) is 12.1. The van der Waals surface area contributed by atoms with Crippen molar-refractivity contribution in [2.75, 3.05) is 11.1 Å². The number of fused-ring (bicyclic) bond motifs is 5. The van der Waals surface area contributed by atoms with Gasteiger partial charge < -0.3 is 4.90 Å². The van der Waals surface area contributed by atoms with Crippen molar-refractivity contribution in [1.29, 1.82) is 0 Å². The van der Waals surface area contributed by atoms with E-state index in [-0.39, 0.29) is 5.41 Å². The Bertz CT molecular complexity index is 774. The maximum Gasteiger partial charge on any atom is 0.0665 e. The van der Waals surface area contributed by atoms with E-state index < -0.39 is 8.07 Å². The smallest absolute Gasteiger partial charge is 0.0665 e. The van der Waals surface area contributed by atoms with Crippen molar-refractivity contribution in [3.63, 3.8) is 0 Å². The molecule has 1 heterocycles. The molecule has 0 radical (unpaired) electrons. The summed E-state index contributed by atoms with van der Waals surface area (Å²) in [5.74, 6) is 2.04. The molecule has 1 saturated carbocycles. The van der Waals surface area contributed by atoms with Gasteiger partial charge in [-0.3, -0.25) is 0 Å². The van der Waals surface area contributed by atoms with E-state index in [1.807, 2.05) is 0 Å². The van der Waals surface area contributed by atoms with Crippen LogP contribution in [-0.4, -0.2) is 20.3 Å². The Hall–Kier alpha value is -1.28. The minimum atomic E-state index is -1.19. The molecule has 0 N–H and O–H groups in total. The quantitative estimate of drug-likeness (QED) is 0.557. The number of hydrogen-bond acceptors (Lipinski definition) is 1. The van der Waals surface area contributed by atoms with Gasteiger partial charge >= 0.3 is 0 Å². The summed E-state index contributed by atoms with van der Waals surface area (Å²) in [4.78, 5) is 2.83. The number of rotatable bonds is 2. The zero-order chi connectivity index (χ0) is 18.9. The monoisotopic (exact) mass is 365 g/mol. The van der Waals surface area contributed by atoms with Crippen LogP contribution in [0.4, 0.5) is 5.69 Å². The molecule has 4 rings (SSSR count). The van der Waals surface area contributed by atoms with Crippen molar-refractivity contribution in [2.24, 2.45) is 11.8 Å². The Kier molecular flexibility index (Phi) is 4.08. The summed E-state index contributed by atoms with van der Waals surface area (Å²) >= 11 is 0. The van der Waals surface area contributed by atoms with E-state index in [1.165, 1.54) is 23.8 Å². The molecule has 3 aliphatic rings. The van der Waals surface area contributed by atoms with Gasteiger partial charge in [0.05, 0.1) is 8.07 Å². The van der Waals surface area contributed by atoms with E-state index in [9.17, 15) is 0 Å². The highest BCUT2D eigenvalue weighted by Crippen LogP contribution is 2.58. The molecular weight excluding hydrogens is 330 g/mol. The molecule has 2 aliphatic carbocycles. The van der Waals surface area contributed by atoms with Gasteiger partial charge in [0.25, 0.3) is 0 Å². The maximum atomic E-state index is 2.83. The molecule has 0 bridgehead atoms. The second-order valence-corrected chi connectivity index (χ2v) is 16.4. The van der Waals surface area contributed by atoms with E-state index in [0.29, 0.717) is 23.8 Å². The molecule has 0 amide bonds. The van der Waals surface area contributed by atoms with E-state index in [2.05, 4.69) is 88.7 Å². The lowest BCUT2D eigenvalue weighted by Gasteiger charge is -2.36. The van der Waals surface area contributed by atoms with E-state index in [0.717, 1.165) is 0 Å². The predicted molar refractivity (Wildman–Crippen MR) is 117 cm³/mol. The second-order valence-electron chi connectivity index (χ2n) is 11.0. The van der Waals surface area contributed by atoms with E-state index in [1.54, 1.807) is 11.1 Å². The average Bonchev–Trinajstić information content (AvgIpc) is 3.00. The van der Waals surface area contributed by atoms with Gasteiger partial charge in [-0.2, -0.15) is 0 Å². The molecule has 1 aromatic rings. The van der Waals surface area contributed by atoms with Gasteiger partial charge in [0, 0.05) is 29.7 Å². The molecule has 0 saturated heterocycles. The molecule has 1 aromatic carbocycles. The first-order valence-electron chi connectivity index (χ1n) is 10.4. The summed E-state index contributed by atoms with van der Waals surface area (Å²) in [5.41, 5.74) is 6.57. The van der Waals surface area contributed by atoms with Crippen LogP contribution in [-0.2, 0) is 5.41 Å². The molecule has 4 atom stereocenters. The number of allylic oxidation sites excluding steroid dienone is 3. The largest absolute Gasteiger partial charge is 0.370 e. The molecule has 1 aliphatic heterocycles. The zero-order valence-corrected chi connectivity index (χ0v) is 18.6. The molecule has 0 spiro atoms. The van der Waals surface area contributed by atoms with Gasteiger partial charge in [-0.25, -0.2) is 0 Å². The number of nitrogens with zero attached hydrogens (tertiary/aromatic N) is 1. The molecule has 140 valence electrons. The number of hydrogen-bond donors (Lipinski definition) is 0. The summed E-state index contributed by atoms with van der Waals surface area (Å²) in [6.07, 6.45) is 9.60. The molecule has 0 aromatic heterocycles. The van der Waals surface area contributed by atoms with Crippen LogP contribution in [0, 0.1) is 11.8 Å². The minimum Gasteiger partial charge on any atom is -0.370 e. The Morgan fingerprint density at radius 2 is 1.88 bits per heavy atom. The van der Waals surface area contributed by atoms with Gasteiger partial charge in [0.1, 0.15) is 0 Å². The van der Waals surface area contributed by atoms with Crippen LogP contribution in [0.15, 0.2) is 42.0 Å². The van der Waals surface area contributed by atoms with Crippen LogP contribution in [0.25, 0.3) is 0 Å². The van der Waals surface area contributed by atoms with Crippen molar-refractivity contribution in [1.82, 2.24) is 0 Å². The topological polar surface area (TPSA) is 3.24 Å². The highest BCUT2D eigenvalue weighted by molar-refractivity contribution is 6.76. The second kappa shape index (κ2) is 5.86. The first kappa shape index (κ1) is 18.1. The summed E-state index contributed by atoms with van der Waals surface area (Å²) < 4.78 is 0. The maximum absolute atomic E-state index is 2.83. The third-order valence-electron chi connectivity index (χ3n) is 6.65. The third kappa shape index (κ3) is 2.81. The van der Waals surface area contributed by atoms with Gasteiger partial charge in [0.15, 0.2) is 0 Å². The van der Waals surface area contributed by atoms with Gasteiger partial charge in [-0.05, 0) is 34.9 Å². The summed E-state index contributed by atoms with van der Waals surface area (Å²) in [6.45, 7) is 17.0. The summed E-state index contributed by atoms with van der Waals surface area (Å²) in [5, 5.41) is 0. The Balaban J connectivity index is 1.84. The standard InChI is InChI=1S/C24H35NSi/c1-16-18-10-8-9-11-19(18)23-22(16)20-14-17(24(2,3)4)12-13-21(20)25(23)15-26(5,6)7/h8-10,12-14,16,19,22-23H,11,15H2,1-7H3. The summed E-state index contributed by atoms with van der Waals surface area (Å²) in [7, 11) is -1.19. The van der Waals surface area contributed by atoms with Crippen LogP contribution < -0.4 is 4.90 Å². The van der Waals surface area contributed by atoms with E-state index >= 15 is 0 Å². The fraction of sp³-hybridized carbons (Fsp3) is 0.583. The van der Waals surface area contributed by atoms with Crippen LogP contribution >= 0.6 is 0 Å². The highest BCUT2D eigenvalue weighted by atomic mass is 28.3. The van der Waals surface area contributed by atoms with Crippen LogP contribution in [0.5, 0.6) is 0 Å². The van der Waals surface area contributed by atoms with Crippen molar-refractivity contribution in [2.45, 2.75) is 71.1 Å². The zero-order valence-electron chi connectivity index (χ0n) is 17.6. The van der Waals surface area contributed by atoms with Gasteiger partial charge in [-0.1, -0.05) is 83.3 Å². The summed E-state index contributed by atoms with van der Waals surface area (Å²) in [6, 6.07) is 8.06. The molecular formula is C24H35NSi. The van der Waals surface area contributed by atoms with Crippen LogP contribution in [0.3, 0.4) is 0 Å². The van der Waals surface area contributed by atoms with Crippen molar-refractivity contribution in [3.8, 4) is 0 Å². The molecule has 4 unspecified atom stereocenters. The molecule has 26 heavy (non-hydrogen) atoms. The van der Waals surface area contributed by atoms with Crippen molar-refractivity contribution in [3.05, 3.63) is 53.1 Å². The Labute approximate surface area is 161 Å².